The van der Waals surface area contributed by atoms with E-state index in [4.69, 9.17) is 4.74 Å². The highest BCUT2D eigenvalue weighted by atomic mass is 16.5. The summed E-state index contributed by atoms with van der Waals surface area (Å²) >= 11 is 0. The molecule has 3 rings (SSSR count). The second-order valence-electron chi connectivity index (χ2n) is 6.06. The van der Waals surface area contributed by atoms with Crippen LogP contribution in [0.4, 0.5) is 5.95 Å². The Morgan fingerprint density at radius 1 is 1.43 bits per heavy atom. The molecular weight excluding hydrogens is 268 g/mol. The maximum atomic E-state index is 12.3. The third-order valence-corrected chi connectivity index (χ3v) is 4.12. The summed E-state index contributed by atoms with van der Waals surface area (Å²) in [6, 6.07) is 2.25. The number of amides is 1. The Hall–Kier alpha value is -1.69. The van der Waals surface area contributed by atoms with E-state index in [1.807, 2.05) is 13.8 Å². The predicted octanol–water partition coefficient (Wildman–Crippen LogP) is 0.985. The summed E-state index contributed by atoms with van der Waals surface area (Å²) in [5.41, 5.74) is 0. The summed E-state index contributed by atoms with van der Waals surface area (Å²) in [5.74, 6) is 0.718. The number of carbonyl (C=O) groups is 1. The van der Waals surface area contributed by atoms with Gasteiger partial charge in [-0.2, -0.15) is 0 Å². The van der Waals surface area contributed by atoms with Crippen molar-refractivity contribution in [1.82, 2.24) is 15.3 Å². The fourth-order valence-electron chi connectivity index (χ4n) is 3.21. The number of piperidine rings is 1. The van der Waals surface area contributed by atoms with Gasteiger partial charge in [0, 0.05) is 31.6 Å². The Bertz CT molecular complexity index is 494. The molecule has 114 valence electrons. The second-order valence-corrected chi connectivity index (χ2v) is 6.06. The molecule has 1 aromatic heterocycles. The molecule has 0 saturated carbocycles. The van der Waals surface area contributed by atoms with Gasteiger partial charge >= 0.3 is 0 Å². The van der Waals surface area contributed by atoms with Crippen molar-refractivity contribution in [2.75, 3.05) is 18.1 Å². The number of carbonyl (C=O) groups excluding carboxylic acids is 1. The van der Waals surface area contributed by atoms with Crippen molar-refractivity contribution < 1.29 is 9.53 Å². The maximum Gasteiger partial charge on any atom is 0.225 e. The predicted molar refractivity (Wildman–Crippen MR) is 78.9 cm³/mol. The van der Waals surface area contributed by atoms with Gasteiger partial charge in [0.1, 0.15) is 0 Å². The minimum absolute atomic E-state index is 0.0736. The number of rotatable bonds is 3. The van der Waals surface area contributed by atoms with Crippen LogP contribution in [0.5, 0.6) is 0 Å². The summed E-state index contributed by atoms with van der Waals surface area (Å²) < 4.78 is 5.82. The molecule has 2 saturated heterocycles. The quantitative estimate of drug-likeness (QED) is 0.899. The van der Waals surface area contributed by atoms with E-state index in [0.717, 1.165) is 19.4 Å². The Kier molecular flexibility index (Phi) is 4.05. The van der Waals surface area contributed by atoms with Crippen LogP contribution in [0.15, 0.2) is 18.5 Å². The van der Waals surface area contributed by atoms with Gasteiger partial charge in [0.2, 0.25) is 11.9 Å². The Morgan fingerprint density at radius 3 is 2.90 bits per heavy atom. The number of fused-ring (bicyclic) bond motifs is 1. The fourth-order valence-corrected chi connectivity index (χ4v) is 3.21. The summed E-state index contributed by atoms with van der Waals surface area (Å²) in [6.07, 6.45) is 5.34. The van der Waals surface area contributed by atoms with Crippen LogP contribution in [0.3, 0.4) is 0 Å². The molecule has 2 aliphatic heterocycles. The number of nitrogens with zero attached hydrogens (tertiary/aromatic N) is 3. The van der Waals surface area contributed by atoms with Gasteiger partial charge < -0.3 is 15.0 Å². The molecule has 0 spiro atoms. The highest BCUT2D eigenvalue weighted by molar-refractivity contribution is 5.80. The standard InChI is InChI=1S/C15H22N4O2/c1-10(2)18-14(20)11-8-13-12(4-7-21-13)19(9-11)15-16-5-3-6-17-15/h3,5-6,10-13H,4,7-9H2,1-2H3,(H,18,20)/t11-,12-,13-/m0/s1. The molecule has 3 heterocycles. The van der Waals surface area contributed by atoms with Gasteiger partial charge in [-0.15, -0.1) is 0 Å². The summed E-state index contributed by atoms with van der Waals surface area (Å²) in [7, 11) is 0. The van der Waals surface area contributed by atoms with Crippen LogP contribution >= 0.6 is 0 Å². The Labute approximate surface area is 124 Å². The number of nitrogens with one attached hydrogen (secondary N) is 1. The second kappa shape index (κ2) is 5.97. The van der Waals surface area contributed by atoms with Crippen LogP contribution in [0, 0.1) is 5.92 Å². The molecule has 3 atom stereocenters. The molecule has 0 aromatic carbocycles. The minimum atomic E-state index is -0.0736. The molecule has 6 nitrogen and oxygen atoms in total. The SMILES string of the molecule is CC(C)NC(=O)[C@H]1C[C@@H]2OCC[C@@H]2N(c2ncccn2)C1. The molecule has 0 aliphatic carbocycles. The van der Waals surface area contributed by atoms with Crippen molar-refractivity contribution in [3.8, 4) is 0 Å². The number of hydrogen-bond acceptors (Lipinski definition) is 5. The zero-order chi connectivity index (χ0) is 14.8. The number of anilines is 1. The first-order valence-electron chi connectivity index (χ1n) is 7.61. The lowest BCUT2D eigenvalue weighted by molar-refractivity contribution is -0.127. The van der Waals surface area contributed by atoms with Gasteiger partial charge in [-0.1, -0.05) is 0 Å². The van der Waals surface area contributed by atoms with Gasteiger partial charge in [-0.05, 0) is 32.8 Å². The highest BCUT2D eigenvalue weighted by Gasteiger charge is 2.43. The Morgan fingerprint density at radius 2 is 2.19 bits per heavy atom. The third-order valence-electron chi connectivity index (χ3n) is 4.12. The molecule has 0 unspecified atom stereocenters. The average molecular weight is 290 g/mol. The smallest absolute Gasteiger partial charge is 0.225 e. The van der Waals surface area contributed by atoms with E-state index in [0.29, 0.717) is 12.5 Å². The van der Waals surface area contributed by atoms with E-state index in [2.05, 4.69) is 20.2 Å². The highest BCUT2D eigenvalue weighted by Crippen LogP contribution is 2.33. The van der Waals surface area contributed by atoms with E-state index in [1.54, 1.807) is 18.5 Å². The van der Waals surface area contributed by atoms with Gasteiger partial charge in [0.05, 0.1) is 18.1 Å². The monoisotopic (exact) mass is 290 g/mol. The van der Waals surface area contributed by atoms with Crippen LogP contribution in [0.2, 0.25) is 0 Å². The van der Waals surface area contributed by atoms with Crippen LogP contribution in [0.25, 0.3) is 0 Å². The zero-order valence-corrected chi connectivity index (χ0v) is 12.5. The Balaban J connectivity index is 1.79. The minimum Gasteiger partial charge on any atom is -0.376 e. The van der Waals surface area contributed by atoms with E-state index < -0.39 is 0 Å². The fraction of sp³-hybridized carbons (Fsp3) is 0.667. The lowest BCUT2D eigenvalue weighted by atomic mass is 9.89. The molecule has 1 aromatic rings. The first-order chi connectivity index (χ1) is 10.1. The summed E-state index contributed by atoms with van der Waals surface area (Å²) in [4.78, 5) is 23.2. The molecule has 21 heavy (non-hydrogen) atoms. The van der Waals surface area contributed by atoms with E-state index in [9.17, 15) is 4.79 Å². The largest absolute Gasteiger partial charge is 0.376 e. The number of ether oxygens (including phenoxy) is 1. The van der Waals surface area contributed by atoms with Crippen molar-refractivity contribution in [3.63, 3.8) is 0 Å². The van der Waals surface area contributed by atoms with Crippen LogP contribution in [-0.4, -0.2) is 47.2 Å². The van der Waals surface area contributed by atoms with Crippen LogP contribution in [0.1, 0.15) is 26.7 Å². The van der Waals surface area contributed by atoms with E-state index in [-0.39, 0.29) is 30.0 Å². The molecule has 2 fully saturated rings. The van der Waals surface area contributed by atoms with E-state index in [1.165, 1.54) is 0 Å². The van der Waals surface area contributed by atoms with Gasteiger partial charge in [0.25, 0.3) is 0 Å². The van der Waals surface area contributed by atoms with E-state index >= 15 is 0 Å². The lowest BCUT2D eigenvalue weighted by Gasteiger charge is -2.40. The van der Waals surface area contributed by atoms with Crippen molar-refractivity contribution >= 4 is 11.9 Å². The van der Waals surface area contributed by atoms with Crippen molar-refractivity contribution in [3.05, 3.63) is 18.5 Å². The molecular formula is C15H22N4O2. The summed E-state index contributed by atoms with van der Waals surface area (Å²) in [6.45, 7) is 5.37. The first-order valence-corrected chi connectivity index (χ1v) is 7.61. The number of aromatic nitrogens is 2. The normalized spacial score (nSPS) is 28.5. The topological polar surface area (TPSA) is 67.3 Å². The van der Waals surface area contributed by atoms with Crippen molar-refractivity contribution in [2.45, 2.75) is 44.9 Å². The molecule has 1 N–H and O–H groups in total. The molecule has 6 heteroatoms. The lowest BCUT2D eigenvalue weighted by Crippen LogP contribution is -2.54. The number of hydrogen-bond donors (Lipinski definition) is 1. The van der Waals surface area contributed by atoms with Gasteiger partial charge in [-0.25, -0.2) is 9.97 Å². The van der Waals surface area contributed by atoms with Crippen molar-refractivity contribution in [1.29, 1.82) is 0 Å². The van der Waals surface area contributed by atoms with Gasteiger partial charge in [-0.3, -0.25) is 4.79 Å². The van der Waals surface area contributed by atoms with Crippen LogP contribution < -0.4 is 10.2 Å². The molecule has 0 radical (unpaired) electrons. The summed E-state index contributed by atoms with van der Waals surface area (Å²) in [5, 5.41) is 3.00. The molecule has 0 bridgehead atoms. The molecule has 2 aliphatic rings. The zero-order valence-electron chi connectivity index (χ0n) is 12.5. The molecule has 1 amide bonds. The van der Waals surface area contributed by atoms with Crippen LogP contribution in [-0.2, 0) is 9.53 Å². The maximum absolute atomic E-state index is 12.3. The van der Waals surface area contributed by atoms with Gasteiger partial charge in [0.15, 0.2) is 0 Å². The van der Waals surface area contributed by atoms with Crippen molar-refractivity contribution in [2.24, 2.45) is 5.92 Å². The average Bonchev–Trinajstić information content (AvgIpc) is 2.94. The third kappa shape index (κ3) is 3.00. The first kappa shape index (κ1) is 14.3.